The van der Waals surface area contributed by atoms with Gasteiger partial charge in [0.25, 0.3) is 0 Å². The van der Waals surface area contributed by atoms with E-state index in [1.165, 1.54) is 0 Å². The molecule has 0 amide bonds. The first-order valence-corrected chi connectivity index (χ1v) is 8.72. The van der Waals surface area contributed by atoms with E-state index in [4.69, 9.17) is 4.52 Å². The Morgan fingerprint density at radius 2 is 1.64 bits per heavy atom. The zero-order chi connectivity index (χ0) is 18.8. The highest BCUT2D eigenvalue weighted by Gasteiger charge is 2.12. The number of hydrogen-bond donors (Lipinski definition) is 0. The van der Waals surface area contributed by atoms with Gasteiger partial charge in [0.2, 0.25) is 11.7 Å². The van der Waals surface area contributed by atoms with Gasteiger partial charge in [0.15, 0.2) is 0 Å². The zero-order valence-electron chi connectivity index (χ0n) is 14.8. The number of hydrogen-bond acceptors (Lipinski definition) is 6. The van der Waals surface area contributed by atoms with Gasteiger partial charge >= 0.3 is 0 Å². The molecule has 0 aliphatic carbocycles. The molecular formula is C20H15N7O. The predicted octanol–water partition coefficient (Wildman–Crippen LogP) is 3.09. The fourth-order valence-electron chi connectivity index (χ4n) is 2.90. The molecule has 0 radical (unpaired) electrons. The molecule has 8 nitrogen and oxygen atoms in total. The lowest BCUT2D eigenvalue weighted by Crippen LogP contribution is -1.93. The van der Waals surface area contributed by atoms with Crippen LogP contribution in [0.25, 0.3) is 22.8 Å². The molecule has 0 fully saturated rings. The summed E-state index contributed by atoms with van der Waals surface area (Å²) in [6.07, 6.45) is 7.50. The average molecular weight is 369 g/mol. The minimum absolute atomic E-state index is 0.526. The lowest BCUT2D eigenvalue weighted by molar-refractivity contribution is 0.385. The van der Waals surface area contributed by atoms with E-state index >= 15 is 0 Å². The fraction of sp³-hybridized carbons (Fsp3) is 0.0500. The van der Waals surface area contributed by atoms with Crippen LogP contribution in [0.15, 0.2) is 84.2 Å². The van der Waals surface area contributed by atoms with Crippen molar-refractivity contribution in [2.24, 2.45) is 0 Å². The van der Waals surface area contributed by atoms with E-state index in [1.54, 1.807) is 23.5 Å². The van der Waals surface area contributed by atoms with Crippen molar-refractivity contribution in [3.63, 3.8) is 0 Å². The summed E-state index contributed by atoms with van der Waals surface area (Å²) in [5.74, 6) is 1.08. The molecule has 0 N–H and O–H groups in total. The molecule has 3 heterocycles. The highest BCUT2D eigenvalue weighted by Crippen LogP contribution is 2.19. The Hall–Kier alpha value is -4.07. The van der Waals surface area contributed by atoms with Crippen LogP contribution in [0.4, 0.5) is 0 Å². The van der Waals surface area contributed by atoms with E-state index in [-0.39, 0.29) is 0 Å². The Morgan fingerprint density at radius 3 is 2.43 bits per heavy atom. The molecule has 0 spiro atoms. The molecule has 0 unspecified atom stereocenters. The first kappa shape index (κ1) is 16.1. The van der Waals surface area contributed by atoms with Crippen LogP contribution in [0.5, 0.6) is 0 Å². The monoisotopic (exact) mass is 369 g/mol. The third kappa shape index (κ3) is 3.18. The van der Waals surface area contributed by atoms with Crippen LogP contribution in [0.1, 0.15) is 11.5 Å². The molecule has 0 saturated heterocycles. The third-order valence-corrected chi connectivity index (χ3v) is 4.34. The van der Waals surface area contributed by atoms with Crippen molar-refractivity contribution >= 4 is 0 Å². The summed E-state index contributed by atoms with van der Waals surface area (Å²) in [6.45, 7) is 0. The highest BCUT2D eigenvalue weighted by molar-refractivity contribution is 5.52. The van der Waals surface area contributed by atoms with Crippen molar-refractivity contribution < 1.29 is 4.52 Å². The number of nitrogens with zero attached hydrogens (tertiary/aromatic N) is 7. The van der Waals surface area contributed by atoms with Crippen LogP contribution < -0.4 is 0 Å². The van der Waals surface area contributed by atoms with Crippen molar-refractivity contribution in [2.45, 2.75) is 6.42 Å². The molecule has 2 aromatic carbocycles. The van der Waals surface area contributed by atoms with Gasteiger partial charge in [-0.3, -0.25) is 4.57 Å². The Morgan fingerprint density at radius 1 is 0.857 bits per heavy atom. The number of rotatable bonds is 5. The summed E-state index contributed by atoms with van der Waals surface area (Å²) in [5.41, 5.74) is 3.85. The highest BCUT2D eigenvalue weighted by atomic mass is 16.5. The second-order valence-corrected chi connectivity index (χ2v) is 6.23. The third-order valence-electron chi connectivity index (χ3n) is 4.34. The van der Waals surface area contributed by atoms with Gasteiger partial charge in [-0.15, -0.1) is 10.2 Å². The Balaban J connectivity index is 1.32. The summed E-state index contributed by atoms with van der Waals surface area (Å²) in [4.78, 5) is 4.50. The molecule has 8 heteroatoms. The Labute approximate surface area is 160 Å². The molecule has 5 rings (SSSR count). The van der Waals surface area contributed by atoms with Gasteiger partial charge in [-0.1, -0.05) is 35.5 Å². The SMILES string of the molecule is c1ccc(-n2cc(-c3noc(Cc4ccc(-n5cnnc5)cc4)n3)cn2)cc1. The quantitative estimate of drug-likeness (QED) is 0.473. The number of para-hydroxylation sites is 1. The summed E-state index contributed by atoms with van der Waals surface area (Å²) in [6, 6.07) is 17.9. The maximum Gasteiger partial charge on any atom is 0.231 e. The minimum atomic E-state index is 0.526. The molecule has 0 aliphatic rings. The van der Waals surface area contributed by atoms with Crippen molar-refractivity contribution in [1.82, 2.24) is 34.7 Å². The van der Waals surface area contributed by atoms with Gasteiger partial charge in [0.05, 0.1) is 23.9 Å². The van der Waals surface area contributed by atoms with Crippen molar-refractivity contribution in [1.29, 1.82) is 0 Å². The molecule has 3 aromatic heterocycles. The zero-order valence-corrected chi connectivity index (χ0v) is 14.8. The van der Waals surface area contributed by atoms with Crippen molar-refractivity contribution in [3.05, 3.63) is 91.1 Å². The summed E-state index contributed by atoms with van der Waals surface area (Å²) >= 11 is 0. The van der Waals surface area contributed by atoms with Gasteiger partial charge in [0.1, 0.15) is 12.7 Å². The maximum absolute atomic E-state index is 5.42. The van der Waals surface area contributed by atoms with E-state index in [0.29, 0.717) is 18.1 Å². The van der Waals surface area contributed by atoms with Crippen LogP contribution in [-0.2, 0) is 6.42 Å². The molecule has 136 valence electrons. The smallest absolute Gasteiger partial charge is 0.231 e. The molecular weight excluding hydrogens is 354 g/mol. The van der Waals surface area contributed by atoms with Crippen LogP contribution in [0, 0.1) is 0 Å². The van der Waals surface area contributed by atoms with Crippen LogP contribution in [-0.4, -0.2) is 34.7 Å². The first-order valence-electron chi connectivity index (χ1n) is 8.72. The van der Waals surface area contributed by atoms with E-state index in [1.807, 2.05) is 65.4 Å². The van der Waals surface area contributed by atoms with Gasteiger partial charge in [-0.2, -0.15) is 10.1 Å². The largest absolute Gasteiger partial charge is 0.339 e. The number of aromatic nitrogens is 7. The molecule has 0 saturated carbocycles. The standard InChI is InChI=1S/C20H15N7O/c1-2-4-18(5-3-1)27-12-16(11-23-27)20-24-19(28-25-20)10-15-6-8-17(9-7-15)26-13-21-22-14-26/h1-9,11-14H,10H2. The van der Waals surface area contributed by atoms with Crippen molar-refractivity contribution in [2.75, 3.05) is 0 Å². The van der Waals surface area contributed by atoms with Gasteiger partial charge in [0, 0.05) is 11.9 Å². The second kappa shape index (κ2) is 6.92. The molecule has 0 atom stereocenters. The topological polar surface area (TPSA) is 87.5 Å². The normalized spacial score (nSPS) is 11.0. The van der Waals surface area contributed by atoms with E-state index in [9.17, 15) is 0 Å². The lowest BCUT2D eigenvalue weighted by Gasteiger charge is -2.02. The number of benzene rings is 2. The van der Waals surface area contributed by atoms with E-state index in [0.717, 1.165) is 22.5 Å². The summed E-state index contributed by atoms with van der Waals surface area (Å²) in [7, 11) is 0. The van der Waals surface area contributed by atoms with Gasteiger partial charge in [-0.25, -0.2) is 4.68 Å². The predicted molar refractivity (Wildman–Crippen MR) is 101 cm³/mol. The minimum Gasteiger partial charge on any atom is -0.339 e. The first-order chi connectivity index (χ1) is 13.8. The van der Waals surface area contributed by atoms with E-state index in [2.05, 4.69) is 25.4 Å². The molecule has 28 heavy (non-hydrogen) atoms. The average Bonchev–Trinajstić information content (AvgIpc) is 3.50. The summed E-state index contributed by atoms with van der Waals surface area (Å²) < 4.78 is 9.05. The lowest BCUT2D eigenvalue weighted by atomic mass is 10.1. The van der Waals surface area contributed by atoms with Crippen LogP contribution in [0.3, 0.4) is 0 Å². The van der Waals surface area contributed by atoms with Crippen LogP contribution >= 0.6 is 0 Å². The van der Waals surface area contributed by atoms with Crippen LogP contribution in [0.2, 0.25) is 0 Å². The van der Waals surface area contributed by atoms with Crippen molar-refractivity contribution in [3.8, 4) is 22.8 Å². The molecule has 5 aromatic rings. The molecule has 0 aliphatic heterocycles. The van der Waals surface area contributed by atoms with Gasteiger partial charge < -0.3 is 4.52 Å². The summed E-state index contributed by atoms with van der Waals surface area (Å²) in [5, 5.41) is 16.1. The molecule has 0 bridgehead atoms. The van der Waals surface area contributed by atoms with Gasteiger partial charge in [-0.05, 0) is 29.8 Å². The Kier molecular flexibility index (Phi) is 3.98. The Bertz CT molecular complexity index is 1180. The maximum atomic E-state index is 5.42. The fourth-order valence-corrected chi connectivity index (χ4v) is 2.90. The second-order valence-electron chi connectivity index (χ2n) is 6.23. The van der Waals surface area contributed by atoms with E-state index < -0.39 is 0 Å².